The van der Waals surface area contributed by atoms with Crippen LogP contribution < -0.4 is 15.4 Å². The van der Waals surface area contributed by atoms with Gasteiger partial charge in [0.15, 0.2) is 0 Å². The minimum Gasteiger partial charge on any atom is -0.370 e. The fourth-order valence-corrected chi connectivity index (χ4v) is 8.35. The smallest absolute Gasteiger partial charge is 0.370 e. The Morgan fingerprint density at radius 2 is 1.81 bits per heavy atom. The van der Waals surface area contributed by atoms with Crippen molar-refractivity contribution in [2.45, 2.75) is 81.4 Å². The summed E-state index contributed by atoms with van der Waals surface area (Å²) >= 11 is 0. The average molecular weight is 614 g/mol. The van der Waals surface area contributed by atoms with Crippen LogP contribution in [0.5, 0.6) is 0 Å². The molecule has 3 aromatic carbocycles. The number of halogens is 3. The summed E-state index contributed by atoms with van der Waals surface area (Å²) in [5.41, 5.74) is 8.61. The van der Waals surface area contributed by atoms with Crippen LogP contribution in [-0.2, 0) is 39.4 Å². The molecule has 6 nitrogen and oxygen atoms in total. The van der Waals surface area contributed by atoms with Crippen molar-refractivity contribution < 1.29 is 26.4 Å². The Bertz CT molecular complexity index is 1610. The van der Waals surface area contributed by atoms with Gasteiger partial charge in [-0.3, -0.25) is 9.10 Å². The lowest BCUT2D eigenvalue weighted by molar-refractivity contribution is -0.137. The maximum Gasteiger partial charge on any atom is 0.416 e. The summed E-state index contributed by atoms with van der Waals surface area (Å²) in [4.78, 5) is 11.5. The molecule has 0 fully saturated rings. The Labute approximate surface area is 251 Å². The van der Waals surface area contributed by atoms with Crippen molar-refractivity contribution >= 4 is 21.6 Å². The van der Waals surface area contributed by atoms with Gasteiger partial charge in [0.05, 0.1) is 27.7 Å². The molecule has 2 aliphatic rings. The number of hydrogen-bond donors (Lipinski definition) is 2. The van der Waals surface area contributed by atoms with E-state index in [1.807, 2.05) is 24.3 Å². The van der Waals surface area contributed by atoms with E-state index in [1.165, 1.54) is 11.1 Å². The number of carbonyl (C=O) groups excluding carboxylic acids is 1. The molecule has 2 atom stereocenters. The number of amides is 1. The highest BCUT2D eigenvalue weighted by atomic mass is 32.2. The zero-order chi connectivity index (χ0) is 31.0. The molecule has 0 aromatic heterocycles. The predicted molar refractivity (Wildman–Crippen MR) is 161 cm³/mol. The molecular weight excluding hydrogens is 575 g/mol. The van der Waals surface area contributed by atoms with E-state index in [0.29, 0.717) is 30.5 Å². The summed E-state index contributed by atoms with van der Waals surface area (Å²) in [5, 5.41) is 3.87. The molecule has 1 unspecified atom stereocenters. The van der Waals surface area contributed by atoms with Gasteiger partial charge in [-0.05, 0) is 97.5 Å². The van der Waals surface area contributed by atoms with Crippen LogP contribution >= 0.6 is 0 Å². The molecule has 43 heavy (non-hydrogen) atoms. The normalized spacial score (nSPS) is 20.5. The number of nitrogens with two attached hydrogens (primary N) is 1. The first kappa shape index (κ1) is 31.1. The number of nitrogens with zero attached hydrogens (tertiary/aromatic N) is 1. The number of rotatable bonds is 9. The Morgan fingerprint density at radius 3 is 2.53 bits per heavy atom. The van der Waals surface area contributed by atoms with Gasteiger partial charge in [0.2, 0.25) is 5.91 Å². The Hall–Kier alpha value is -3.37. The van der Waals surface area contributed by atoms with E-state index >= 15 is 0 Å². The van der Waals surface area contributed by atoms with Crippen molar-refractivity contribution in [2.75, 3.05) is 10.8 Å². The minimum absolute atomic E-state index is 0.243. The van der Waals surface area contributed by atoms with Crippen LogP contribution in [0, 0.1) is 5.92 Å². The predicted octanol–water partition coefficient (Wildman–Crippen LogP) is 6.31. The van der Waals surface area contributed by atoms with Crippen molar-refractivity contribution in [2.24, 2.45) is 11.7 Å². The summed E-state index contributed by atoms with van der Waals surface area (Å²) in [5.74, 6) is -0.162. The van der Waals surface area contributed by atoms with Crippen LogP contribution in [-0.4, -0.2) is 26.9 Å². The van der Waals surface area contributed by atoms with Crippen molar-refractivity contribution in [3.8, 4) is 0 Å². The third-order valence-corrected chi connectivity index (χ3v) is 10.5. The Balaban J connectivity index is 1.62. The monoisotopic (exact) mass is 613 g/mol. The number of anilines is 1. The number of benzene rings is 3. The molecule has 5 rings (SSSR count). The third kappa shape index (κ3) is 6.17. The number of nitrogens with one attached hydrogen (secondary N) is 1. The number of aryl methyl sites for hydroxylation is 2. The summed E-state index contributed by atoms with van der Waals surface area (Å²) in [6.07, 6.45) is -0.314. The number of sulfonamides is 1. The van der Waals surface area contributed by atoms with Gasteiger partial charge in [-0.2, -0.15) is 13.2 Å². The second kappa shape index (κ2) is 12.0. The molecule has 10 heteroatoms. The van der Waals surface area contributed by atoms with E-state index in [4.69, 9.17) is 5.73 Å². The van der Waals surface area contributed by atoms with Crippen LogP contribution in [0.3, 0.4) is 0 Å². The zero-order valence-corrected chi connectivity index (χ0v) is 25.3. The Morgan fingerprint density at radius 1 is 1.05 bits per heavy atom. The van der Waals surface area contributed by atoms with E-state index in [-0.39, 0.29) is 6.42 Å². The topological polar surface area (TPSA) is 92.5 Å². The molecule has 0 bridgehead atoms. The van der Waals surface area contributed by atoms with Crippen LogP contribution in [0.1, 0.15) is 73.8 Å². The molecule has 1 aliphatic carbocycles. The summed E-state index contributed by atoms with van der Waals surface area (Å²) in [6, 6.07) is 17.0. The largest absolute Gasteiger partial charge is 0.416 e. The lowest BCUT2D eigenvalue weighted by atomic mass is 9.71. The van der Waals surface area contributed by atoms with E-state index in [9.17, 15) is 26.4 Å². The molecule has 0 radical (unpaired) electrons. The first-order chi connectivity index (χ1) is 20.3. The summed E-state index contributed by atoms with van der Waals surface area (Å²) < 4.78 is 69.7. The average Bonchev–Trinajstić information content (AvgIpc) is 2.96. The van der Waals surface area contributed by atoms with Gasteiger partial charge in [0, 0.05) is 6.42 Å². The SMILES string of the molecule is CC(C)CCN[C@@]1(c2ccc3c(c2)CCC(CC(N)=O)N3S(=O)(=O)c2cccc(C(F)(F)F)c2)CCCc2ccccc21. The van der Waals surface area contributed by atoms with Gasteiger partial charge in [-0.1, -0.05) is 56.3 Å². The molecule has 0 saturated carbocycles. The second-order valence-electron chi connectivity index (χ2n) is 12.1. The molecule has 0 saturated heterocycles. The lowest BCUT2D eigenvalue weighted by Crippen LogP contribution is -2.47. The summed E-state index contributed by atoms with van der Waals surface area (Å²) in [6.45, 7) is 5.17. The van der Waals surface area contributed by atoms with Crippen molar-refractivity contribution in [3.05, 3.63) is 94.5 Å². The van der Waals surface area contributed by atoms with Gasteiger partial charge < -0.3 is 11.1 Å². The number of alkyl halides is 3. The third-order valence-electron chi connectivity index (χ3n) is 8.67. The molecule has 1 heterocycles. The van der Waals surface area contributed by atoms with Crippen LogP contribution in [0.2, 0.25) is 0 Å². The Kier molecular flexibility index (Phi) is 8.64. The van der Waals surface area contributed by atoms with Crippen LogP contribution in [0.25, 0.3) is 0 Å². The minimum atomic E-state index is -4.71. The molecule has 230 valence electrons. The highest BCUT2D eigenvalue weighted by molar-refractivity contribution is 7.92. The standard InChI is InChI=1S/C33H38F3N3O3S/c1-22(2)16-18-38-32(17-6-8-23-7-3-4-11-29(23)32)25-13-15-30-24(19-25)12-14-27(21-31(37)40)39(30)43(41,42)28-10-5-9-26(20-28)33(34,35)36/h3-5,7,9-11,13,15,19-20,22,27,38H,6,8,12,14,16-18,21H2,1-2H3,(H2,37,40)/t27?,32-/m1/s1. The first-order valence-corrected chi connectivity index (χ1v) is 16.2. The zero-order valence-electron chi connectivity index (χ0n) is 24.5. The maximum absolute atomic E-state index is 14.0. The number of primary amides is 1. The maximum atomic E-state index is 14.0. The van der Waals surface area contributed by atoms with Crippen molar-refractivity contribution in [3.63, 3.8) is 0 Å². The molecular formula is C33H38F3N3O3S. The lowest BCUT2D eigenvalue weighted by Gasteiger charge is -2.43. The number of fused-ring (bicyclic) bond motifs is 2. The van der Waals surface area contributed by atoms with E-state index in [0.717, 1.165) is 65.9 Å². The van der Waals surface area contributed by atoms with Crippen LogP contribution in [0.4, 0.5) is 18.9 Å². The molecule has 3 N–H and O–H groups in total. The first-order valence-electron chi connectivity index (χ1n) is 14.8. The number of carbonyl (C=O) groups is 1. The quantitative estimate of drug-likeness (QED) is 0.296. The van der Waals surface area contributed by atoms with Gasteiger partial charge in [0.1, 0.15) is 0 Å². The van der Waals surface area contributed by atoms with Gasteiger partial charge in [-0.25, -0.2) is 8.42 Å². The molecule has 0 spiro atoms. The highest BCUT2D eigenvalue weighted by Gasteiger charge is 2.41. The fourth-order valence-electron chi connectivity index (χ4n) is 6.58. The second-order valence-corrected chi connectivity index (χ2v) is 13.9. The summed E-state index contributed by atoms with van der Waals surface area (Å²) in [7, 11) is -4.47. The fraction of sp³-hybridized carbons (Fsp3) is 0.424. The highest BCUT2D eigenvalue weighted by Crippen LogP contribution is 2.44. The molecule has 3 aromatic rings. The van der Waals surface area contributed by atoms with Crippen molar-refractivity contribution in [1.29, 1.82) is 0 Å². The van der Waals surface area contributed by atoms with E-state index in [2.05, 4.69) is 31.3 Å². The van der Waals surface area contributed by atoms with Gasteiger partial charge in [-0.15, -0.1) is 0 Å². The van der Waals surface area contributed by atoms with Crippen LogP contribution in [0.15, 0.2) is 71.6 Å². The van der Waals surface area contributed by atoms with E-state index < -0.39 is 44.1 Å². The number of hydrogen-bond acceptors (Lipinski definition) is 4. The molecule has 1 aliphatic heterocycles. The van der Waals surface area contributed by atoms with Gasteiger partial charge in [0.25, 0.3) is 10.0 Å². The van der Waals surface area contributed by atoms with Gasteiger partial charge >= 0.3 is 6.18 Å². The van der Waals surface area contributed by atoms with Crippen molar-refractivity contribution in [1.82, 2.24) is 5.32 Å². The van der Waals surface area contributed by atoms with E-state index in [1.54, 1.807) is 6.07 Å². The molecule has 1 amide bonds.